The predicted octanol–water partition coefficient (Wildman–Crippen LogP) is 4.00. The van der Waals surface area contributed by atoms with Gasteiger partial charge in [0.2, 0.25) is 0 Å². The van der Waals surface area contributed by atoms with Crippen molar-refractivity contribution < 1.29 is 4.74 Å². The minimum atomic E-state index is 0.694. The molecule has 0 aliphatic heterocycles. The van der Waals surface area contributed by atoms with Crippen LogP contribution in [0.25, 0.3) is 11.1 Å². The molecule has 0 saturated heterocycles. The third-order valence-electron chi connectivity index (χ3n) is 3.65. The first-order chi connectivity index (χ1) is 9.88. The second kappa shape index (κ2) is 6.10. The quantitative estimate of drug-likeness (QED) is 0.854. The maximum absolute atomic E-state index is 5.76. The van der Waals surface area contributed by atoms with Crippen LogP contribution in [0.4, 0.5) is 0 Å². The molecule has 0 spiro atoms. The van der Waals surface area contributed by atoms with Gasteiger partial charge in [-0.15, -0.1) is 0 Å². The van der Waals surface area contributed by atoms with Gasteiger partial charge in [0, 0.05) is 18.2 Å². The second-order valence-electron chi connectivity index (χ2n) is 5.24. The summed E-state index contributed by atoms with van der Waals surface area (Å²) in [4.78, 5) is 0. The van der Waals surface area contributed by atoms with Crippen LogP contribution >= 0.6 is 0 Å². The summed E-state index contributed by atoms with van der Waals surface area (Å²) < 4.78 is 5.76. The lowest BCUT2D eigenvalue weighted by Gasteiger charge is -2.14. The zero-order valence-electron chi connectivity index (χ0n) is 11.9. The van der Waals surface area contributed by atoms with Crippen molar-refractivity contribution in [3.63, 3.8) is 0 Å². The third-order valence-corrected chi connectivity index (χ3v) is 3.65. The van der Waals surface area contributed by atoms with Gasteiger partial charge in [0.1, 0.15) is 5.75 Å². The van der Waals surface area contributed by atoms with Crippen molar-refractivity contribution in [3.05, 3.63) is 54.1 Å². The molecular formula is C18H21NO. The average Bonchev–Trinajstić information content (AvgIpc) is 3.31. The number of hydrogen-bond acceptors (Lipinski definition) is 2. The van der Waals surface area contributed by atoms with Crippen LogP contribution in [0.15, 0.2) is 48.5 Å². The van der Waals surface area contributed by atoms with E-state index in [-0.39, 0.29) is 0 Å². The fraction of sp³-hybridized carbons (Fsp3) is 0.333. The molecule has 0 amide bonds. The second-order valence-corrected chi connectivity index (χ2v) is 5.24. The summed E-state index contributed by atoms with van der Waals surface area (Å²) in [6.07, 6.45) is 2.63. The van der Waals surface area contributed by atoms with Crippen LogP contribution < -0.4 is 10.1 Å². The fourth-order valence-electron chi connectivity index (χ4n) is 2.45. The Morgan fingerprint density at radius 1 is 1.00 bits per heavy atom. The van der Waals surface area contributed by atoms with Crippen LogP contribution in [0.2, 0.25) is 0 Å². The SMILES string of the molecule is CCOc1ccccc1-c1ccccc1CNC1CC1. The molecule has 2 aromatic carbocycles. The summed E-state index contributed by atoms with van der Waals surface area (Å²) in [7, 11) is 0. The van der Waals surface area contributed by atoms with Gasteiger partial charge in [-0.05, 0) is 37.0 Å². The fourth-order valence-corrected chi connectivity index (χ4v) is 2.45. The van der Waals surface area contributed by atoms with E-state index < -0.39 is 0 Å². The lowest BCUT2D eigenvalue weighted by atomic mass is 9.99. The van der Waals surface area contributed by atoms with Crippen molar-refractivity contribution in [3.8, 4) is 16.9 Å². The van der Waals surface area contributed by atoms with Gasteiger partial charge in [-0.25, -0.2) is 0 Å². The van der Waals surface area contributed by atoms with Crippen LogP contribution in [-0.4, -0.2) is 12.6 Å². The lowest BCUT2D eigenvalue weighted by Crippen LogP contribution is -2.15. The number of rotatable bonds is 6. The van der Waals surface area contributed by atoms with Crippen molar-refractivity contribution in [1.82, 2.24) is 5.32 Å². The van der Waals surface area contributed by atoms with Gasteiger partial charge in [-0.3, -0.25) is 0 Å². The summed E-state index contributed by atoms with van der Waals surface area (Å²) in [6, 6.07) is 17.6. The van der Waals surface area contributed by atoms with Crippen LogP contribution in [0, 0.1) is 0 Å². The van der Waals surface area contributed by atoms with Crippen LogP contribution in [0.5, 0.6) is 5.75 Å². The maximum atomic E-state index is 5.76. The maximum Gasteiger partial charge on any atom is 0.127 e. The number of para-hydroxylation sites is 1. The number of ether oxygens (including phenoxy) is 1. The highest BCUT2D eigenvalue weighted by Crippen LogP contribution is 2.32. The first-order valence-corrected chi connectivity index (χ1v) is 7.42. The van der Waals surface area contributed by atoms with Gasteiger partial charge in [0.15, 0.2) is 0 Å². The molecule has 1 N–H and O–H groups in total. The highest BCUT2D eigenvalue weighted by Gasteiger charge is 2.20. The Kier molecular flexibility index (Phi) is 4.03. The van der Waals surface area contributed by atoms with Crippen molar-refractivity contribution in [2.24, 2.45) is 0 Å². The van der Waals surface area contributed by atoms with E-state index in [1.807, 2.05) is 19.1 Å². The van der Waals surface area contributed by atoms with E-state index in [0.29, 0.717) is 6.61 Å². The smallest absolute Gasteiger partial charge is 0.127 e. The van der Waals surface area contributed by atoms with Gasteiger partial charge in [0.25, 0.3) is 0 Å². The molecule has 0 atom stereocenters. The summed E-state index contributed by atoms with van der Waals surface area (Å²) in [6.45, 7) is 3.65. The molecule has 0 bridgehead atoms. The van der Waals surface area contributed by atoms with Crippen molar-refractivity contribution in [2.45, 2.75) is 32.4 Å². The molecule has 2 aromatic rings. The number of nitrogens with one attached hydrogen (secondary N) is 1. The Balaban J connectivity index is 1.91. The summed E-state index contributed by atoms with van der Waals surface area (Å²) >= 11 is 0. The van der Waals surface area contributed by atoms with Gasteiger partial charge in [-0.1, -0.05) is 42.5 Å². The molecular weight excluding hydrogens is 246 g/mol. The van der Waals surface area contributed by atoms with Crippen molar-refractivity contribution >= 4 is 0 Å². The number of benzene rings is 2. The first kappa shape index (κ1) is 13.2. The Morgan fingerprint density at radius 2 is 1.70 bits per heavy atom. The van der Waals surface area contributed by atoms with Crippen LogP contribution in [0.3, 0.4) is 0 Å². The van der Waals surface area contributed by atoms with Gasteiger partial charge in [-0.2, -0.15) is 0 Å². The van der Waals surface area contributed by atoms with Crippen LogP contribution in [0.1, 0.15) is 25.3 Å². The minimum Gasteiger partial charge on any atom is -0.493 e. The van der Waals surface area contributed by atoms with Crippen molar-refractivity contribution in [2.75, 3.05) is 6.61 Å². The van der Waals surface area contributed by atoms with Gasteiger partial charge >= 0.3 is 0 Å². The topological polar surface area (TPSA) is 21.3 Å². The van der Waals surface area contributed by atoms with E-state index in [4.69, 9.17) is 4.74 Å². The summed E-state index contributed by atoms with van der Waals surface area (Å²) in [5.41, 5.74) is 3.79. The Labute approximate surface area is 120 Å². The molecule has 1 aliphatic rings. The molecule has 0 unspecified atom stereocenters. The van der Waals surface area contributed by atoms with E-state index in [2.05, 4.69) is 41.7 Å². The van der Waals surface area contributed by atoms with Crippen molar-refractivity contribution in [1.29, 1.82) is 0 Å². The van der Waals surface area contributed by atoms with E-state index in [9.17, 15) is 0 Å². The molecule has 2 nitrogen and oxygen atoms in total. The van der Waals surface area contributed by atoms with E-state index in [1.165, 1.54) is 29.5 Å². The van der Waals surface area contributed by atoms with Gasteiger partial charge in [0.05, 0.1) is 6.61 Å². The summed E-state index contributed by atoms with van der Waals surface area (Å²) in [5.74, 6) is 0.967. The van der Waals surface area contributed by atoms with E-state index in [0.717, 1.165) is 18.3 Å². The molecule has 1 saturated carbocycles. The standard InChI is InChI=1S/C18H21NO/c1-2-20-18-10-6-5-9-17(18)16-8-4-3-7-14(16)13-19-15-11-12-15/h3-10,15,19H,2,11-13H2,1H3. The highest BCUT2D eigenvalue weighted by molar-refractivity contribution is 5.73. The minimum absolute atomic E-state index is 0.694. The molecule has 2 heteroatoms. The molecule has 0 radical (unpaired) electrons. The summed E-state index contributed by atoms with van der Waals surface area (Å²) in [5, 5.41) is 3.59. The van der Waals surface area contributed by atoms with Crippen LogP contribution in [-0.2, 0) is 6.54 Å². The normalized spacial score (nSPS) is 14.2. The lowest BCUT2D eigenvalue weighted by molar-refractivity contribution is 0.341. The van der Waals surface area contributed by atoms with E-state index in [1.54, 1.807) is 0 Å². The molecule has 0 aromatic heterocycles. The Bertz CT molecular complexity index is 575. The highest BCUT2D eigenvalue weighted by atomic mass is 16.5. The van der Waals surface area contributed by atoms with Gasteiger partial charge < -0.3 is 10.1 Å². The Morgan fingerprint density at radius 3 is 2.45 bits per heavy atom. The Hall–Kier alpha value is -1.80. The molecule has 1 aliphatic carbocycles. The van der Waals surface area contributed by atoms with E-state index >= 15 is 0 Å². The zero-order valence-corrected chi connectivity index (χ0v) is 11.9. The average molecular weight is 267 g/mol. The third kappa shape index (κ3) is 3.02. The first-order valence-electron chi connectivity index (χ1n) is 7.42. The largest absolute Gasteiger partial charge is 0.493 e. The molecule has 1 fully saturated rings. The number of hydrogen-bond donors (Lipinski definition) is 1. The molecule has 104 valence electrons. The monoisotopic (exact) mass is 267 g/mol. The molecule has 0 heterocycles. The zero-order chi connectivity index (χ0) is 13.8. The molecule has 3 rings (SSSR count). The molecule has 20 heavy (non-hydrogen) atoms. The predicted molar refractivity (Wildman–Crippen MR) is 82.9 cm³/mol.